The maximum Gasteiger partial charge on any atom is 0.257 e. The van der Waals surface area contributed by atoms with Gasteiger partial charge in [-0.25, -0.2) is 0 Å². The molecule has 1 aromatic carbocycles. The Bertz CT molecular complexity index is 651. The van der Waals surface area contributed by atoms with Crippen molar-refractivity contribution in [2.24, 2.45) is 5.92 Å². The zero-order valence-corrected chi connectivity index (χ0v) is 12.9. The fraction of sp³-hybridized carbons (Fsp3) is 0.412. The van der Waals surface area contributed by atoms with Crippen LogP contribution in [0.15, 0.2) is 34.9 Å². The van der Waals surface area contributed by atoms with Gasteiger partial charge in [0.1, 0.15) is 17.0 Å². The van der Waals surface area contributed by atoms with Crippen molar-refractivity contribution in [2.45, 2.75) is 26.3 Å². The summed E-state index contributed by atoms with van der Waals surface area (Å²) < 4.78 is 5.26. The Morgan fingerprint density at radius 1 is 1.36 bits per heavy atom. The van der Waals surface area contributed by atoms with E-state index in [4.69, 9.17) is 4.52 Å². The maximum absolute atomic E-state index is 12.7. The van der Waals surface area contributed by atoms with Crippen molar-refractivity contribution in [3.05, 3.63) is 41.7 Å². The number of hydrogen-bond acceptors (Lipinski definition) is 4. The van der Waals surface area contributed by atoms with E-state index in [0.29, 0.717) is 22.9 Å². The van der Waals surface area contributed by atoms with Crippen molar-refractivity contribution in [1.29, 1.82) is 0 Å². The lowest BCUT2D eigenvalue weighted by Crippen LogP contribution is -2.48. The molecule has 1 aromatic heterocycles. The average molecular weight is 299 g/mol. The molecule has 0 spiro atoms. The van der Waals surface area contributed by atoms with Gasteiger partial charge in [-0.3, -0.25) is 4.79 Å². The number of aryl methyl sites for hydroxylation is 1. The second-order valence-corrected chi connectivity index (χ2v) is 5.88. The minimum atomic E-state index is -0.101. The summed E-state index contributed by atoms with van der Waals surface area (Å²) in [6.45, 7) is 5.79. The first-order valence-corrected chi connectivity index (χ1v) is 7.70. The van der Waals surface area contributed by atoms with Crippen LogP contribution in [0.5, 0.6) is 0 Å². The van der Waals surface area contributed by atoms with E-state index >= 15 is 0 Å². The molecular formula is C17H21N3O2. The van der Waals surface area contributed by atoms with E-state index in [1.807, 2.05) is 30.3 Å². The molecule has 22 heavy (non-hydrogen) atoms. The number of rotatable bonds is 3. The van der Waals surface area contributed by atoms with Crippen molar-refractivity contribution in [3.8, 4) is 11.3 Å². The molecule has 1 aliphatic heterocycles. The molecule has 2 N–H and O–H groups in total. The van der Waals surface area contributed by atoms with Crippen LogP contribution < -0.4 is 10.6 Å². The summed E-state index contributed by atoms with van der Waals surface area (Å²) in [4.78, 5) is 12.7. The van der Waals surface area contributed by atoms with Gasteiger partial charge in [0.05, 0.1) is 0 Å². The van der Waals surface area contributed by atoms with Gasteiger partial charge in [0.2, 0.25) is 0 Å². The lowest BCUT2D eigenvalue weighted by molar-refractivity contribution is 0.0913. The summed E-state index contributed by atoms with van der Waals surface area (Å²) in [5, 5.41) is 10.6. The first-order valence-electron chi connectivity index (χ1n) is 7.70. The monoisotopic (exact) mass is 299 g/mol. The van der Waals surface area contributed by atoms with Crippen molar-refractivity contribution in [3.63, 3.8) is 0 Å². The van der Waals surface area contributed by atoms with Gasteiger partial charge in [0.15, 0.2) is 0 Å². The fourth-order valence-corrected chi connectivity index (χ4v) is 2.90. The van der Waals surface area contributed by atoms with Gasteiger partial charge in [-0.15, -0.1) is 0 Å². The number of amides is 1. The second-order valence-electron chi connectivity index (χ2n) is 5.88. The largest absolute Gasteiger partial charge is 0.360 e. The Balaban J connectivity index is 1.85. The van der Waals surface area contributed by atoms with E-state index in [1.54, 1.807) is 6.92 Å². The van der Waals surface area contributed by atoms with Crippen LogP contribution in [0.3, 0.4) is 0 Å². The molecule has 1 aliphatic rings. The number of benzene rings is 1. The summed E-state index contributed by atoms with van der Waals surface area (Å²) in [5.74, 6) is 0.868. The van der Waals surface area contributed by atoms with Crippen LogP contribution in [0.2, 0.25) is 0 Å². The summed E-state index contributed by atoms with van der Waals surface area (Å²) in [6.07, 6.45) is 0.942. The summed E-state index contributed by atoms with van der Waals surface area (Å²) >= 11 is 0. The molecule has 2 atom stereocenters. The number of carbonyl (C=O) groups excluding carboxylic acids is 1. The average Bonchev–Trinajstić information content (AvgIpc) is 2.92. The van der Waals surface area contributed by atoms with Crippen LogP contribution in [0.1, 0.15) is 29.5 Å². The van der Waals surface area contributed by atoms with Crippen molar-refractivity contribution in [2.75, 3.05) is 13.1 Å². The molecule has 5 nitrogen and oxygen atoms in total. The molecule has 1 amide bonds. The molecule has 5 heteroatoms. The third-order valence-corrected chi connectivity index (χ3v) is 4.24. The number of piperidine rings is 1. The number of aromatic nitrogens is 1. The minimum Gasteiger partial charge on any atom is -0.360 e. The Labute approximate surface area is 130 Å². The Hall–Kier alpha value is -2.14. The van der Waals surface area contributed by atoms with Gasteiger partial charge in [-0.1, -0.05) is 42.4 Å². The predicted octanol–water partition coefficient (Wildman–Crippen LogP) is 2.38. The van der Waals surface area contributed by atoms with Gasteiger partial charge in [0, 0.05) is 11.6 Å². The Morgan fingerprint density at radius 3 is 2.86 bits per heavy atom. The highest BCUT2D eigenvalue weighted by Gasteiger charge is 2.27. The van der Waals surface area contributed by atoms with Gasteiger partial charge in [-0.2, -0.15) is 0 Å². The summed E-state index contributed by atoms with van der Waals surface area (Å²) in [6, 6.07) is 9.84. The van der Waals surface area contributed by atoms with E-state index in [2.05, 4.69) is 22.7 Å². The standard InChI is InChI=1S/C17H21N3O2/c1-11-10-18-9-8-14(11)19-17(21)15-12(2)22-20-16(15)13-6-4-3-5-7-13/h3-7,11,14,18H,8-10H2,1-2H3,(H,19,21). The van der Waals surface area contributed by atoms with Gasteiger partial charge in [-0.05, 0) is 32.4 Å². The van der Waals surface area contributed by atoms with Crippen LogP contribution in [0, 0.1) is 12.8 Å². The maximum atomic E-state index is 12.7. The first kappa shape index (κ1) is 14.8. The normalized spacial score (nSPS) is 21.5. The van der Waals surface area contributed by atoms with E-state index in [0.717, 1.165) is 25.1 Å². The number of nitrogens with one attached hydrogen (secondary N) is 2. The fourth-order valence-electron chi connectivity index (χ4n) is 2.90. The first-order chi connectivity index (χ1) is 10.7. The lowest BCUT2D eigenvalue weighted by Gasteiger charge is -2.30. The third-order valence-electron chi connectivity index (χ3n) is 4.24. The zero-order valence-electron chi connectivity index (χ0n) is 12.9. The quantitative estimate of drug-likeness (QED) is 0.913. The third kappa shape index (κ3) is 2.90. The highest BCUT2D eigenvalue weighted by atomic mass is 16.5. The Kier molecular flexibility index (Phi) is 4.24. The van der Waals surface area contributed by atoms with Crippen LogP contribution in [0.25, 0.3) is 11.3 Å². The van der Waals surface area contributed by atoms with Crippen molar-refractivity contribution in [1.82, 2.24) is 15.8 Å². The van der Waals surface area contributed by atoms with E-state index in [1.165, 1.54) is 0 Å². The van der Waals surface area contributed by atoms with Crippen molar-refractivity contribution < 1.29 is 9.32 Å². The number of carbonyl (C=O) groups is 1. The van der Waals surface area contributed by atoms with Gasteiger partial charge >= 0.3 is 0 Å². The highest BCUT2D eigenvalue weighted by Crippen LogP contribution is 2.25. The van der Waals surface area contributed by atoms with Gasteiger partial charge in [0.25, 0.3) is 5.91 Å². The summed E-state index contributed by atoms with van der Waals surface area (Å²) in [7, 11) is 0. The van der Waals surface area contributed by atoms with E-state index < -0.39 is 0 Å². The number of hydrogen-bond donors (Lipinski definition) is 2. The molecule has 1 saturated heterocycles. The molecule has 2 unspecified atom stereocenters. The molecule has 0 bridgehead atoms. The second kappa shape index (κ2) is 6.32. The SMILES string of the molecule is Cc1onc(-c2ccccc2)c1C(=O)NC1CCNCC1C. The molecule has 0 radical (unpaired) electrons. The highest BCUT2D eigenvalue weighted by molar-refractivity contribution is 6.00. The van der Waals surface area contributed by atoms with Crippen LogP contribution in [-0.2, 0) is 0 Å². The summed E-state index contributed by atoms with van der Waals surface area (Å²) in [5.41, 5.74) is 2.04. The van der Waals surface area contributed by atoms with Crippen LogP contribution >= 0.6 is 0 Å². The van der Waals surface area contributed by atoms with E-state index in [-0.39, 0.29) is 11.9 Å². The van der Waals surface area contributed by atoms with Gasteiger partial charge < -0.3 is 15.2 Å². The lowest BCUT2D eigenvalue weighted by atomic mass is 9.94. The molecule has 0 saturated carbocycles. The predicted molar refractivity (Wildman–Crippen MR) is 84.6 cm³/mol. The topological polar surface area (TPSA) is 67.2 Å². The molecule has 116 valence electrons. The van der Waals surface area contributed by atoms with E-state index in [9.17, 15) is 4.79 Å². The Morgan fingerprint density at radius 2 is 2.14 bits per heavy atom. The molecule has 0 aliphatic carbocycles. The molecule has 1 fully saturated rings. The van der Waals surface area contributed by atoms with Crippen LogP contribution in [0.4, 0.5) is 0 Å². The molecule has 2 aromatic rings. The van der Waals surface area contributed by atoms with Crippen molar-refractivity contribution >= 4 is 5.91 Å². The molecule has 3 rings (SSSR count). The zero-order chi connectivity index (χ0) is 15.5. The molecule has 2 heterocycles. The van der Waals surface area contributed by atoms with Crippen LogP contribution in [-0.4, -0.2) is 30.2 Å². The minimum absolute atomic E-state index is 0.101. The number of nitrogens with zero attached hydrogens (tertiary/aromatic N) is 1. The molecular weight excluding hydrogens is 278 g/mol. The smallest absolute Gasteiger partial charge is 0.257 e.